The number of benzene rings is 2. The molecule has 0 radical (unpaired) electrons. The van der Waals surface area contributed by atoms with Gasteiger partial charge in [-0.15, -0.1) is 0 Å². The molecule has 0 aliphatic heterocycles. The van der Waals surface area contributed by atoms with Gasteiger partial charge in [-0.25, -0.2) is 8.42 Å². The molecule has 0 atom stereocenters. The SMILES string of the molecule is CCN(CC)S(=O)(=O)c1cc(C(=O)Nc2ccc(C)c(C)c2)ccc1C. The average molecular weight is 375 g/mol. The van der Waals surface area contributed by atoms with Gasteiger partial charge in [0.15, 0.2) is 0 Å². The molecule has 0 saturated heterocycles. The second kappa shape index (κ2) is 8.01. The van der Waals surface area contributed by atoms with Gasteiger partial charge in [-0.05, 0) is 61.7 Å². The predicted octanol–water partition coefficient (Wildman–Crippen LogP) is 3.89. The summed E-state index contributed by atoms with van der Waals surface area (Å²) in [6.45, 7) is 10.1. The van der Waals surface area contributed by atoms with Crippen LogP contribution in [0.15, 0.2) is 41.3 Å². The number of sulfonamides is 1. The molecular weight excluding hydrogens is 348 g/mol. The highest BCUT2D eigenvalue weighted by atomic mass is 32.2. The first kappa shape index (κ1) is 20.1. The van der Waals surface area contributed by atoms with Gasteiger partial charge < -0.3 is 5.32 Å². The molecule has 0 fully saturated rings. The van der Waals surface area contributed by atoms with Gasteiger partial charge in [-0.3, -0.25) is 4.79 Å². The van der Waals surface area contributed by atoms with Crippen LogP contribution >= 0.6 is 0 Å². The van der Waals surface area contributed by atoms with Crippen LogP contribution in [-0.4, -0.2) is 31.7 Å². The van der Waals surface area contributed by atoms with E-state index in [0.717, 1.165) is 11.1 Å². The quantitative estimate of drug-likeness (QED) is 0.834. The van der Waals surface area contributed by atoms with E-state index in [4.69, 9.17) is 0 Å². The van der Waals surface area contributed by atoms with Crippen LogP contribution in [0.5, 0.6) is 0 Å². The molecule has 6 heteroatoms. The van der Waals surface area contributed by atoms with Crippen LogP contribution < -0.4 is 5.32 Å². The molecule has 2 aromatic carbocycles. The van der Waals surface area contributed by atoms with Crippen molar-refractivity contribution in [3.8, 4) is 0 Å². The molecule has 26 heavy (non-hydrogen) atoms. The lowest BCUT2D eigenvalue weighted by molar-refractivity contribution is 0.102. The fourth-order valence-corrected chi connectivity index (χ4v) is 4.45. The van der Waals surface area contributed by atoms with Crippen molar-refractivity contribution in [3.63, 3.8) is 0 Å². The normalized spacial score (nSPS) is 11.6. The van der Waals surface area contributed by atoms with E-state index in [0.29, 0.717) is 29.9 Å². The fourth-order valence-electron chi connectivity index (χ4n) is 2.74. The van der Waals surface area contributed by atoms with Crippen molar-refractivity contribution >= 4 is 21.6 Å². The number of hydrogen-bond acceptors (Lipinski definition) is 3. The van der Waals surface area contributed by atoms with Crippen molar-refractivity contribution in [1.82, 2.24) is 4.31 Å². The third-order valence-electron chi connectivity index (χ3n) is 4.54. The molecule has 0 aliphatic rings. The fraction of sp³-hybridized carbons (Fsp3) is 0.350. The molecule has 0 unspecified atom stereocenters. The first-order valence-electron chi connectivity index (χ1n) is 8.70. The van der Waals surface area contributed by atoms with Crippen LogP contribution in [0.3, 0.4) is 0 Å². The summed E-state index contributed by atoms with van der Waals surface area (Å²) in [6.07, 6.45) is 0. The molecule has 1 N–H and O–H groups in total. The number of nitrogens with one attached hydrogen (secondary N) is 1. The molecule has 0 aliphatic carbocycles. The third-order valence-corrected chi connectivity index (χ3v) is 6.73. The van der Waals surface area contributed by atoms with Crippen molar-refractivity contribution in [1.29, 1.82) is 0 Å². The molecule has 0 bridgehead atoms. The molecule has 0 aromatic heterocycles. The molecule has 0 spiro atoms. The Morgan fingerprint density at radius 2 is 1.54 bits per heavy atom. The highest BCUT2D eigenvalue weighted by Crippen LogP contribution is 2.22. The number of hydrogen-bond donors (Lipinski definition) is 1. The van der Waals surface area contributed by atoms with Crippen molar-refractivity contribution in [2.45, 2.75) is 39.5 Å². The number of aryl methyl sites for hydroxylation is 3. The lowest BCUT2D eigenvalue weighted by Gasteiger charge is -2.20. The largest absolute Gasteiger partial charge is 0.322 e. The van der Waals surface area contributed by atoms with E-state index in [1.165, 1.54) is 10.4 Å². The van der Waals surface area contributed by atoms with Crippen LogP contribution in [0.1, 0.15) is 40.9 Å². The van der Waals surface area contributed by atoms with Gasteiger partial charge in [-0.1, -0.05) is 26.0 Å². The van der Waals surface area contributed by atoms with E-state index in [1.54, 1.807) is 32.9 Å². The Morgan fingerprint density at radius 1 is 0.923 bits per heavy atom. The molecule has 0 heterocycles. The highest BCUT2D eigenvalue weighted by molar-refractivity contribution is 7.89. The van der Waals surface area contributed by atoms with Gasteiger partial charge in [-0.2, -0.15) is 4.31 Å². The van der Waals surface area contributed by atoms with E-state index < -0.39 is 10.0 Å². The molecule has 5 nitrogen and oxygen atoms in total. The monoisotopic (exact) mass is 374 g/mol. The van der Waals surface area contributed by atoms with Gasteiger partial charge >= 0.3 is 0 Å². The maximum Gasteiger partial charge on any atom is 0.255 e. The average Bonchev–Trinajstić information content (AvgIpc) is 2.59. The number of carbonyl (C=O) groups excluding carboxylic acids is 1. The zero-order valence-electron chi connectivity index (χ0n) is 16.0. The van der Waals surface area contributed by atoms with Crippen molar-refractivity contribution < 1.29 is 13.2 Å². The Balaban J connectivity index is 2.36. The van der Waals surface area contributed by atoms with E-state index >= 15 is 0 Å². The number of amides is 1. The summed E-state index contributed by atoms with van der Waals surface area (Å²) in [5, 5.41) is 2.83. The van der Waals surface area contributed by atoms with E-state index in [1.807, 2.05) is 32.0 Å². The summed E-state index contributed by atoms with van der Waals surface area (Å²) in [5.41, 5.74) is 3.86. The minimum Gasteiger partial charge on any atom is -0.322 e. The van der Waals surface area contributed by atoms with Crippen molar-refractivity contribution in [2.75, 3.05) is 18.4 Å². The Hall–Kier alpha value is -2.18. The van der Waals surface area contributed by atoms with E-state index in [2.05, 4.69) is 5.32 Å². The lowest BCUT2D eigenvalue weighted by Crippen LogP contribution is -2.31. The summed E-state index contributed by atoms with van der Waals surface area (Å²) in [4.78, 5) is 12.8. The second-order valence-corrected chi connectivity index (χ2v) is 8.23. The molecular formula is C20H26N2O3S. The molecule has 2 aromatic rings. The minimum atomic E-state index is -3.62. The number of rotatable bonds is 6. The first-order chi connectivity index (χ1) is 12.2. The lowest BCUT2D eigenvalue weighted by atomic mass is 10.1. The smallest absolute Gasteiger partial charge is 0.255 e. The Bertz CT molecular complexity index is 917. The summed E-state index contributed by atoms with van der Waals surface area (Å²) < 4.78 is 27.0. The predicted molar refractivity (Wildman–Crippen MR) is 105 cm³/mol. The first-order valence-corrected chi connectivity index (χ1v) is 10.1. The molecule has 0 saturated carbocycles. The van der Waals surface area contributed by atoms with Crippen LogP contribution in [0.2, 0.25) is 0 Å². The van der Waals surface area contributed by atoms with Gasteiger partial charge in [0.2, 0.25) is 10.0 Å². The van der Waals surface area contributed by atoms with Gasteiger partial charge in [0.1, 0.15) is 0 Å². The van der Waals surface area contributed by atoms with Gasteiger partial charge in [0, 0.05) is 24.3 Å². The number of carbonyl (C=O) groups is 1. The van der Waals surface area contributed by atoms with Crippen LogP contribution in [-0.2, 0) is 10.0 Å². The molecule has 2 rings (SSSR count). The summed E-state index contributed by atoms with van der Waals surface area (Å²) in [5.74, 6) is -0.329. The third kappa shape index (κ3) is 4.14. The summed E-state index contributed by atoms with van der Waals surface area (Å²) in [7, 11) is -3.62. The number of nitrogens with zero attached hydrogens (tertiary/aromatic N) is 1. The van der Waals surface area contributed by atoms with Gasteiger partial charge in [0.25, 0.3) is 5.91 Å². The second-order valence-electron chi connectivity index (χ2n) is 6.32. The Labute approximate surface area is 156 Å². The number of anilines is 1. The molecule has 1 amide bonds. The highest BCUT2D eigenvalue weighted by Gasteiger charge is 2.24. The summed E-state index contributed by atoms with van der Waals surface area (Å²) >= 11 is 0. The Morgan fingerprint density at radius 3 is 2.12 bits per heavy atom. The summed E-state index contributed by atoms with van der Waals surface area (Å²) in [6, 6.07) is 10.4. The minimum absolute atomic E-state index is 0.175. The zero-order chi connectivity index (χ0) is 19.5. The van der Waals surface area contributed by atoms with Gasteiger partial charge in [0.05, 0.1) is 4.90 Å². The topological polar surface area (TPSA) is 66.5 Å². The Kier molecular flexibility index (Phi) is 6.21. The molecule has 140 valence electrons. The van der Waals surface area contributed by atoms with Crippen molar-refractivity contribution in [3.05, 3.63) is 58.7 Å². The maximum atomic E-state index is 12.8. The van der Waals surface area contributed by atoms with E-state index in [-0.39, 0.29) is 10.8 Å². The maximum absolute atomic E-state index is 12.8. The van der Waals surface area contributed by atoms with Crippen LogP contribution in [0.25, 0.3) is 0 Å². The van der Waals surface area contributed by atoms with E-state index in [9.17, 15) is 13.2 Å². The standard InChI is InChI=1S/C20H26N2O3S/c1-6-22(7-2)26(24,25)19-13-17(10-8-15(19)4)20(23)21-18-11-9-14(3)16(5)12-18/h8-13H,6-7H2,1-5H3,(H,21,23). The van der Waals surface area contributed by atoms with Crippen LogP contribution in [0.4, 0.5) is 5.69 Å². The zero-order valence-corrected chi connectivity index (χ0v) is 16.8. The van der Waals surface area contributed by atoms with Crippen LogP contribution in [0, 0.1) is 20.8 Å². The van der Waals surface area contributed by atoms with Crippen molar-refractivity contribution in [2.24, 2.45) is 0 Å².